The topological polar surface area (TPSA) is 81.2 Å². The third-order valence-corrected chi connectivity index (χ3v) is 7.61. The van der Waals surface area contributed by atoms with Crippen LogP contribution in [-0.4, -0.2) is 40.5 Å². The molecule has 0 atom stereocenters. The van der Waals surface area contributed by atoms with Gasteiger partial charge in [-0.2, -0.15) is 9.29 Å². The second-order valence-electron chi connectivity index (χ2n) is 7.32. The van der Waals surface area contributed by atoms with Gasteiger partial charge in [0.1, 0.15) is 4.90 Å². The molecule has 0 spiro atoms. The van der Waals surface area contributed by atoms with Gasteiger partial charge in [0.25, 0.3) is 5.89 Å². The summed E-state index contributed by atoms with van der Waals surface area (Å²) >= 11 is 0. The summed E-state index contributed by atoms with van der Waals surface area (Å²) in [6.45, 7) is 7.68. The maximum absolute atomic E-state index is 13.5. The average molecular weight is 378 g/mol. The fraction of sp³-hybridized carbons (Fsp3) is 0.667. The minimum atomic E-state index is -3.59. The van der Waals surface area contributed by atoms with Crippen LogP contribution in [0.2, 0.25) is 0 Å². The molecule has 8 heteroatoms. The lowest BCUT2D eigenvalue weighted by molar-refractivity contribution is 0.346. The van der Waals surface area contributed by atoms with Crippen molar-refractivity contribution in [3.05, 3.63) is 17.2 Å². The second-order valence-corrected chi connectivity index (χ2v) is 9.19. The fourth-order valence-corrected chi connectivity index (χ4v) is 5.95. The largest absolute Gasteiger partial charge is 0.347 e. The molecule has 0 unspecified atom stereocenters. The quantitative estimate of drug-likeness (QED) is 0.798. The molecule has 0 amide bonds. The van der Waals surface area contributed by atoms with E-state index < -0.39 is 10.0 Å². The Bertz CT molecular complexity index is 919. The van der Waals surface area contributed by atoms with E-state index in [1.54, 1.807) is 4.31 Å². The number of sulfonamides is 1. The summed E-state index contributed by atoms with van der Waals surface area (Å²) in [5.41, 5.74) is 2.19. The maximum atomic E-state index is 13.5. The van der Waals surface area contributed by atoms with Gasteiger partial charge < -0.3 is 9.09 Å². The van der Waals surface area contributed by atoms with Crippen LogP contribution in [0.5, 0.6) is 0 Å². The summed E-state index contributed by atoms with van der Waals surface area (Å²) in [7, 11) is -3.59. The molecule has 2 fully saturated rings. The first kappa shape index (κ1) is 17.7. The Balaban J connectivity index is 1.87. The van der Waals surface area contributed by atoms with Crippen molar-refractivity contribution in [2.24, 2.45) is 0 Å². The van der Waals surface area contributed by atoms with Crippen LogP contribution in [0, 0.1) is 13.8 Å². The van der Waals surface area contributed by atoms with E-state index >= 15 is 0 Å². The van der Waals surface area contributed by atoms with Gasteiger partial charge in [-0.1, -0.05) is 11.6 Å². The van der Waals surface area contributed by atoms with E-state index in [1.807, 2.05) is 25.3 Å². The molecule has 1 saturated heterocycles. The zero-order valence-electron chi connectivity index (χ0n) is 15.7. The van der Waals surface area contributed by atoms with Crippen LogP contribution in [0.4, 0.5) is 0 Å². The molecule has 0 N–H and O–H groups in total. The van der Waals surface area contributed by atoms with Crippen LogP contribution in [-0.2, 0) is 16.6 Å². The molecule has 1 aliphatic heterocycles. The first-order chi connectivity index (χ1) is 12.4. The van der Waals surface area contributed by atoms with Gasteiger partial charge in [0.15, 0.2) is 5.82 Å². The second kappa shape index (κ2) is 6.49. The monoisotopic (exact) mass is 378 g/mol. The lowest BCUT2D eigenvalue weighted by Gasteiger charge is -2.26. The van der Waals surface area contributed by atoms with Crippen LogP contribution in [0.25, 0.3) is 11.5 Å². The summed E-state index contributed by atoms with van der Waals surface area (Å²) in [6.07, 6.45) is 5.06. The molecular weight excluding hydrogens is 352 g/mol. The molecule has 0 aromatic carbocycles. The van der Waals surface area contributed by atoms with Gasteiger partial charge in [-0.15, -0.1) is 0 Å². The van der Waals surface area contributed by atoms with Crippen LogP contribution >= 0.6 is 0 Å². The van der Waals surface area contributed by atoms with E-state index in [0.29, 0.717) is 47.7 Å². The molecule has 0 bridgehead atoms. The SMILES string of the molecule is CCn1c(C)c(-c2nc(C3CC3)no2)c(S(=O)(=O)N2CCCCC2)c1C. The Kier molecular flexibility index (Phi) is 4.43. The predicted octanol–water partition coefficient (Wildman–Crippen LogP) is 3.23. The van der Waals surface area contributed by atoms with Gasteiger partial charge >= 0.3 is 0 Å². The Morgan fingerprint density at radius 2 is 1.81 bits per heavy atom. The van der Waals surface area contributed by atoms with Gasteiger partial charge in [0.05, 0.1) is 5.56 Å². The maximum Gasteiger partial charge on any atom is 0.261 e. The minimum Gasteiger partial charge on any atom is -0.347 e. The first-order valence-corrected chi connectivity index (χ1v) is 10.9. The van der Waals surface area contributed by atoms with Gasteiger partial charge in [-0.05, 0) is 46.5 Å². The van der Waals surface area contributed by atoms with Crippen molar-refractivity contribution in [2.75, 3.05) is 13.1 Å². The van der Waals surface area contributed by atoms with E-state index in [9.17, 15) is 8.42 Å². The highest BCUT2D eigenvalue weighted by molar-refractivity contribution is 7.89. The zero-order valence-corrected chi connectivity index (χ0v) is 16.5. The van der Waals surface area contributed by atoms with Crippen molar-refractivity contribution < 1.29 is 12.9 Å². The highest BCUT2D eigenvalue weighted by Gasteiger charge is 2.37. The summed E-state index contributed by atoms with van der Waals surface area (Å²) in [5, 5.41) is 4.09. The summed E-state index contributed by atoms with van der Waals surface area (Å²) in [5.74, 6) is 1.39. The molecule has 2 aromatic rings. The number of hydrogen-bond acceptors (Lipinski definition) is 5. The Morgan fingerprint density at radius 1 is 1.12 bits per heavy atom. The molecule has 142 valence electrons. The number of nitrogens with zero attached hydrogens (tertiary/aromatic N) is 4. The van der Waals surface area contributed by atoms with Crippen molar-refractivity contribution >= 4 is 10.0 Å². The Hall–Kier alpha value is -1.67. The number of piperidine rings is 1. The average Bonchev–Trinajstić information content (AvgIpc) is 3.31. The summed E-state index contributed by atoms with van der Waals surface area (Å²) < 4.78 is 36.1. The number of hydrogen-bond donors (Lipinski definition) is 0. The fourth-order valence-electron chi connectivity index (χ4n) is 3.97. The molecule has 2 aromatic heterocycles. The van der Waals surface area contributed by atoms with Crippen molar-refractivity contribution in [3.8, 4) is 11.5 Å². The molecule has 1 aliphatic carbocycles. The zero-order chi connectivity index (χ0) is 18.5. The third kappa shape index (κ3) is 2.79. The molecule has 2 aliphatic rings. The minimum absolute atomic E-state index is 0.329. The van der Waals surface area contributed by atoms with E-state index in [-0.39, 0.29) is 0 Å². The lowest BCUT2D eigenvalue weighted by Crippen LogP contribution is -2.36. The number of rotatable bonds is 5. The molecule has 3 heterocycles. The van der Waals surface area contributed by atoms with Crippen LogP contribution in [0.1, 0.15) is 62.2 Å². The predicted molar refractivity (Wildman–Crippen MR) is 97.5 cm³/mol. The Morgan fingerprint density at radius 3 is 2.42 bits per heavy atom. The molecule has 0 radical (unpaired) electrons. The van der Waals surface area contributed by atoms with E-state index in [2.05, 4.69) is 10.1 Å². The smallest absolute Gasteiger partial charge is 0.261 e. The summed E-state index contributed by atoms with van der Waals surface area (Å²) in [6, 6.07) is 0. The number of aromatic nitrogens is 3. The van der Waals surface area contributed by atoms with Crippen LogP contribution < -0.4 is 0 Å². The van der Waals surface area contributed by atoms with Crippen molar-refractivity contribution in [3.63, 3.8) is 0 Å². The normalized spacial score (nSPS) is 19.2. The van der Waals surface area contributed by atoms with Gasteiger partial charge in [-0.3, -0.25) is 0 Å². The third-order valence-electron chi connectivity index (χ3n) is 5.55. The van der Waals surface area contributed by atoms with Crippen LogP contribution in [0.15, 0.2) is 9.42 Å². The van der Waals surface area contributed by atoms with E-state index in [1.165, 1.54) is 0 Å². The van der Waals surface area contributed by atoms with Gasteiger partial charge in [0, 0.05) is 36.9 Å². The molecule has 1 saturated carbocycles. The van der Waals surface area contributed by atoms with Crippen molar-refractivity contribution in [2.45, 2.75) is 70.2 Å². The molecule has 7 nitrogen and oxygen atoms in total. The standard InChI is InChI=1S/C18H26N4O3S/c1-4-22-12(2)15(18-19-17(20-25-18)14-8-9-14)16(13(22)3)26(23,24)21-10-6-5-7-11-21/h14H,4-11H2,1-3H3. The van der Waals surface area contributed by atoms with E-state index in [0.717, 1.165) is 43.5 Å². The van der Waals surface area contributed by atoms with Gasteiger partial charge in [0.2, 0.25) is 10.0 Å². The lowest BCUT2D eigenvalue weighted by atomic mass is 10.2. The van der Waals surface area contributed by atoms with Crippen molar-refractivity contribution in [1.82, 2.24) is 19.0 Å². The summed E-state index contributed by atoms with van der Waals surface area (Å²) in [4.78, 5) is 4.88. The van der Waals surface area contributed by atoms with Crippen LogP contribution in [0.3, 0.4) is 0 Å². The molecular formula is C18H26N4O3S. The van der Waals surface area contributed by atoms with Crippen molar-refractivity contribution in [1.29, 1.82) is 0 Å². The highest BCUT2D eigenvalue weighted by atomic mass is 32.2. The van der Waals surface area contributed by atoms with E-state index in [4.69, 9.17) is 4.52 Å². The highest BCUT2D eigenvalue weighted by Crippen LogP contribution is 2.41. The molecule has 26 heavy (non-hydrogen) atoms. The first-order valence-electron chi connectivity index (χ1n) is 9.49. The Labute approximate surface area is 154 Å². The molecule has 4 rings (SSSR count). The van der Waals surface area contributed by atoms with Gasteiger partial charge in [-0.25, -0.2) is 8.42 Å².